The summed E-state index contributed by atoms with van der Waals surface area (Å²) in [5.41, 5.74) is 0. The molecule has 1 fully saturated rings. The molecule has 2 heterocycles. The van der Waals surface area contributed by atoms with Crippen molar-refractivity contribution in [3.63, 3.8) is 0 Å². The van der Waals surface area contributed by atoms with Gasteiger partial charge in [-0.1, -0.05) is 23.2 Å². The Bertz CT molecular complexity index is 719. The van der Waals surface area contributed by atoms with E-state index in [1.165, 1.54) is 0 Å². The van der Waals surface area contributed by atoms with Crippen molar-refractivity contribution < 1.29 is 9.53 Å². The van der Waals surface area contributed by atoms with Gasteiger partial charge in [-0.3, -0.25) is 4.79 Å². The van der Waals surface area contributed by atoms with Crippen LogP contribution in [0.1, 0.15) is 24.7 Å². The third kappa shape index (κ3) is 3.43. The van der Waals surface area contributed by atoms with Gasteiger partial charge in [-0.15, -0.1) is 10.2 Å². The van der Waals surface area contributed by atoms with Crippen LogP contribution in [0.15, 0.2) is 24.5 Å². The smallest absolute Gasteiger partial charge is 0.261 e. The zero-order chi connectivity index (χ0) is 16.4. The lowest BCUT2D eigenvalue weighted by atomic mass is 10.2. The van der Waals surface area contributed by atoms with Crippen LogP contribution >= 0.6 is 23.2 Å². The Morgan fingerprint density at radius 2 is 2.26 bits per heavy atom. The molecule has 0 aliphatic carbocycles. The number of hydrogen-bond acceptors (Lipinski definition) is 4. The Labute approximate surface area is 144 Å². The normalized spacial score (nSPS) is 17.5. The molecule has 1 atom stereocenters. The molecule has 1 aromatic carbocycles. The van der Waals surface area contributed by atoms with Crippen LogP contribution in [-0.4, -0.2) is 38.7 Å². The van der Waals surface area contributed by atoms with Crippen LogP contribution in [0.5, 0.6) is 5.75 Å². The first-order valence-electron chi connectivity index (χ1n) is 7.27. The molecule has 0 N–H and O–H groups in total. The first kappa shape index (κ1) is 16.1. The van der Waals surface area contributed by atoms with E-state index in [0.717, 1.165) is 18.7 Å². The average molecular weight is 355 g/mol. The maximum absolute atomic E-state index is 12.5. The molecule has 122 valence electrons. The van der Waals surface area contributed by atoms with E-state index in [0.29, 0.717) is 22.3 Å². The van der Waals surface area contributed by atoms with E-state index in [1.807, 2.05) is 11.6 Å². The Morgan fingerprint density at radius 1 is 1.43 bits per heavy atom. The highest BCUT2D eigenvalue weighted by Crippen LogP contribution is 2.31. The summed E-state index contributed by atoms with van der Waals surface area (Å²) in [6.45, 7) is 0.595. The summed E-state index contributed by atoms with van der Waals surface area (Å²) in [4.78, 5) is 14.3. The lowest BCUT2D eigenvalue weighted by molar-refractivity contribution is -0.134. The van der Waals surface area contributed by atoms with E-state index >= 15 is 0 Å². The molecule has 1 aromatic heterocycles. The van der Waals surface area contributed by atoms with Gasteiger partial charge in [0, 0.05) is 24.7 Å². The van der Waals surface area contributed by atoms with Gasteiger partial charge in [0.15, 0.2) is 12.4 Å². The molecule has 1 aliphatic heterocycles. The fourth-order valence-corrected chi connectivity index (χ4v) is 3.07. The lowest BCUT2D eigenvalue weighted by Crippen LogP contribution is -2.35. The fraction of sp³-hybridized carbons (Fsp3) is 0.400. The van der Waals surface area contributed by atoms with Crippen LogP contribution in [0.25, 0.3) is 0 Å². The number of benzene rings is 1. The van der Waals surface area contributed by atoms with Gasteiger partial charge in [0.05, 0.1) is 11.1 Å². The summed E-state index contributed by atoms with van der Waals surface area (Å²) in [5, 5.41) is 8.93. The molecule has 3 rings (SSSR count). The van der Waals surface area contributed by atoms with E-state index in [-0.39, 0.29) is 18.6 Å². The molecule has 6 nitrogen and oxygen atoms in total. The molecule has 1 aliphatic rings. The molecule has 1 amide bonds. The number of hydrogen-bond donors (Lipinski definition) is 0. The molecule has 8 heteroatoms. The van der Waals surface area contributed by atoms with Crippen molar-refractivity contribution in [2.75, 3.05) is 13.2 Å². The molecule has 0 bridgehead atoms. The van der Waals surface area contributed by atoms with Gasteiger partial charge in [0.2, 0.25) is 0 Å². The Hall–Kier alpha value is -1.79. The topological polar surface area (TPSA) is 60.2 Å². The summed E-state index contributed by atoms with van der Waals surface area (Å²) in [5.74, 6) is 1.09. The largest absolute Gasteiger partial charge is 0.482 e. The second kappa shape index (κ2) is 6.76. The number of rotatable bonds is 4. The molecule has 1 unspecified atom stereocenters. The summed E-state index contributed by atoms with van der Waals surface area (Å²) in [7, 11) is 1.87. The maximum Gasteiger partial charge on any atom is 0.261 e. The van der Waals surface area contributed by atoms with Crippen molar-refractivity contribution in [3.05, 3.63) is 40.4 Å². The number of halogens is 2. The minimum absolute atomic E-state index is 0.0616. The lowest BCUT2D eigenvalue weighted by Gasteiger charge is -2.24. The number of ether oxygens (including phenoxy) is 1. The minimum atomic E-state index is -0.105. The predicted octanol–water partition coefficient (Wildman–Crippen LogP) is 2.86. The van der Waals surface area contributed by atoms with Crippen LogP contribution in [0.3, 0.4) is 0 Å². The zero-order valence-corrected chi connectivity index (χ0v) is 14.1. The molecule has 0 radical (unpaired) electrons. The predicted molar refractivity (Wildman–Crippen MR) is 86.6 cm³/mol. The number of aryl methyl sites for hydroxylation is 1. The molecule has 23 heavy (non-hydrogen) atoms. The maximum atomic E-state index is 12.5. The van der Waals surface area contributed by atoms with Crippen molar-refractivity contribution in [2.45, 2.75) is 18.9 Å². The number of likely N-dealkylation sites (tertiary alicyclic amines) is 1. The summed E-state index contributed by atoms with van der Waals surface area (Å²) >= 11 is 12.0. The molecule has 1 saturated heterocycles. The molecular formula is C15H16Cl2N4O2. The van der Waals surface area contributed by atoms with Crippen LogP contribution in [0.2, 0.25) is 10.0 Å². The number of aromatic nitrogens is 3. The summed E-state index contributed by atoms with van der Waals surface area (Å²) in [6.07, 6.45) is 3.44. The van der Waals surface area contributed by atoms with Crippen molar-refractivity contribution in [3.8, 4) is 5.75 Å². The average Bonchev–Trinajstić information content (AvgIpc) is 3.16. The highest BCUT2D eigenvalue weighted by molar-refractivity contribution is 6.34. The third-order valence-corrected chi connectivity index (χ3v) is 4.41. The number of carbonyl (C=O) groups excluding carboxylic acids is 1. The fourth-order valence-electron chi connectivity index (χ4n) is 2.74. The third-order valence-electron chi connectivity index (χ3n) is 3.86. The number of nitrogens with zero attached hydrogens (tertiary/aromatic N) is 4. The van der Waals surface area contributed by atoms with Gasteiger partial charge < -0.3 is 14.2 Å². The Morgan fingerprint density at radius 3 is 3.00 bits per heavy atom. The zero-order valence-electron chi connectivity index (χ0n) is 12.6. The van der Waals surface area contributed by atoms with Gasteiger partial charge in [-0.25, -0.2) is 0 Å². The SMILES string of the molecule is Cn1cnnc1C1CCCN1C(=O)COc1cc(Cl)ccc1Cl. The van der Waals surface area contributed by atoms with Crippen LogP contribution in [0.4, 0.5) is 0 Å². The second-order valence-corrected chi connectivity index (χ2v) is 6.25. The van der Waals surface area contributed by atoms with Gasteiger partial charge in [-0.2, -0.15) is 0 Å². The molecule has 2 aromatic rings. The summed E-state index contributed by atoms with van der Waals surface area (Å²) < 4.78 is 7.38. The van der Waals surface area contributed by atoms with Crippen molar-refractivity contribution in [1.82, 2.24) is 19.7 Å². The van der Waals surface area contributed by atoms with Crippen LogP contribution in [-0.2, 0) is 11.8 Å². The van der Waals surface area contributed by atoms with Crippen LogP contribution in [0, 0.1) is 0 Å². The quantitative estimate of drug-likeness (QED) is 0.846. The number of amides is 1. The highest BCUT2D eigenvalue weighted by atomic mass is 35.5. The highest BCUT2D eigenvalue weighted by Gasteiger charge is 2.33. The summed E-state index contributed by atoms with van der Waals surface area (Å²) in [6, 6.07) is 4.85. The first-order chi connectivity index (χ1) is 11.1. The van der Waals surface area contributed by atoms with Crippen molar-refractivity contribution in [1.29, 1.82) is 0 Å². The van der Waals surface area contributed by atoms with Gasteiger partial charge >= 0.3 is 0 Å². The Balaban J connectivity index is 1.68. The monoisotopic (exact) mass is 354 g/mol. The van der Waals surface area contributed by atoms with E-state index in [2.05, 4.69) is 10.2 Å². The van der Waals surface area contributed by atoms with E-state index in [4.69, 9.17) is 27.9 Å². The standard InChI is InChI=1S/C15H16Cl2N4O2/c1-20-9-18-19-15(20)12-3-2-6-21(12)14(22)8-23-13-7-10(16)4-5-11(13)17/h4-5,7,9,12H,2-3,6,8H2,1H3. The second-order valence-electron chi connectivity index (χ2n) is 5.41. The van der Waals surface area contributed by atoms with Crippen molar-refractivity contribution >= 4 is 29.1 Å². The minimum Gasteiger partial charge on any atom is -0.482 e. The van der Waals surface area contributed by atoms with Gasteiger partial charge in [0.1, 0.15) is 12.1 Å². The van der Waals surface area contributed by atoms with Crippen LogP contribution < -0.4 is 4.74 Å². The van der Waals surface area contributed by atoms with E-state index < -0.39 is 0 Å². The first-order valence-corrected chi connectivity index (χ1v) is 8.03. The van der Waals surface area contributed by atoms with Gasteiger partial charge in [0.25, 0.3) is 5.91 Å². The number of carbonyl (C=O) groups is 1. The van der Waals surface area contributed by atoms with Gasteiger partial charge in [-0.05, 0) is 25.0 Å². The molecular weight excluding hydrogens is 339 g/mol. The Kier molecular flexibility index (Phi) is 4.73. The van der Waals surface area contributed by atoms with Crippen molar-refractivity contribution in [2.24, 2.45) is 7.05 Å². The van der Waals surface area contributed by atoms with E-state index in [9.17, 15) is 4.79 Å². The molecule has 0 spiro atoms. The molecule has 0 saturated carbocycles. The van der Waals surface area contributed by atoms with E-state index in [1.54, 1.807) is 29.4 Å².